The Morgan fingerprint density at radius 3 is 2.90 bits per heavy atom. The predicted molar refractivity (Wildman–Crippen MR) is 55.4 cm³/mol. The molecule has 58 valence electrons. The quantitative estimate of drug-likeness (QED) is 0.520. The molecule has 0 aromatic carbocycles. The Bertz CT molecular complexity index is 142. The largest absolute Gasteiger partial charge is 0.386 e. The maximum absolute atomic E-state index is 8.86. The van der Waals surface area contributed by atoms with Crippen LogP contribution in [-0.4, -0.2) is 35.5 Å². The van der Waals surface area contributed by atoms with Crippen molar-refractivity contribution in [3.8, 4) is 0 Å². The molecule has 10 heavy (non-hydrogen) atoms. The van der Waals surface area contributed by atoms with Crippen LogP contribution in [0, 0.1) is 0 Å². The van der Waals surface area contributed by atoms with E-state index in [1.165, 1.54) is 11.6 Å². The van der Waals surface area contributed by atoms with Crippen LogP contribution in [0.4, 0.5) is 0 Å². The first-order valence-electron chi connectivity index (χ1n) is 2.73. The molecule has 0 aromatic rings. The van der Waals surface area contributed by atoms with Crippen LogP contribution < -0.4 is 5.32 Å². The first kappa shape index (κ1) is 10.4. The van der Waals surface area contributed by atoms with Crippen molar-refractivity contribution in [3.05, 3.63) is 0 Å². The number of aliphatic imine (C=N–C) groups is 1. The van der Waals surface area contributed by atoms with Crippen molar-refractivity contribution in [2.24, 2.45) is 4.99 Å². The highest BCUT2D eigenvalue weighted by Gasteiger charge is 2.09. The van der Waals surface area contributed by atoms with Gasteiger partial charge in [-0.1, -0.05) is 12.2 Å². The van der Waals surface area contributed by atoms with Crippen molar-refractivity contribution in [3.63, 3.8) is 0 Å². The average molecular weight is 272 g/mol. The second-order valence-electron chi connectivity index (χ2n) is 1.85. The van der Waals surface area contributed by atoms with Gasteiger partial charge in [-0.15, -0.1) is 24.0 Å². The number of hydrogen-bond donors (Lipinski definition) is 2. The van der Waals surface area contributed by atoms with Crippen molar-refractivity contribution < 1.29 is 5.11 Å². The van der Waals surface area contributed by atoms with Crippen molar-refractivity contribution in [2.75, 3.05) is 6.54 Å². The molecule has 0 aromatic heterocycles. The number of β-amino-alcohol motifs (C(OH)–C–C–N with tert-alkyl or cyclic N) is 1. The molecular weight excluding hydrogens is 263 g/mol. The van der Waals surface area contributed by atoms with Gasteiger partial charge in [0.2, 0.25) is 0 Å². The normalized spacial score (nSPS) is 30.9. The minimum atomic E-state index is -0.448. The zero-order valence-corrected chi connectivity index (χ0v) is 8.37. The van der Waals surface area contributed by atoms with E-state index in [2.05, 4.69) is 22.5 Å². The van der Waals surface area contributed by atoms with E-state index in [1.807, 2.05) is 0 Å². The SMILES string of the molecule is I.OC1C=NC(C=S)NC1. The van der Waals surface area contributed by atoms with E-state index in [4.69, 9.17) is 5.11 Å². The van der Waals surface area contributed by atoms with Crippen LogP contribution in [0.3, 0.4) is 0 Å². The minimum Gasteiger partial charge on any atom is -0.386 e. The van der Waals surface area contributed by atoms with Crippen molar-refractivity contribution in [1.29, 1.82) is 0 Å². The number of thiocarbonyl (C=S) groups is 1. The Labute approximate surface area is 81.9 Å². The smallest absolute Gasteiger partial charge is 0.128 e. The molecule has 0 radical (unpaired) electrons. The Balaban J connectivity index is 0.000000810. The van der Waals surface area contributed by atoms with E-state index in [0.717, 1.165) is 0 Å². The van der Waals surface area contributed by atoms with Gasteiger partial charge in [0.25, 0.3) is 0 Å². The topological polar surface area (TPSA) is 44.6 Å². The van der Waals surface area contributed by atoms with E-state index >= 15 is 0 Å². The second kappa shape index (κ2) is 5.11. The molecule has 3 nitrogen and oxygen atoms in total. The lowest BCUT2D eigenvalue weighted by molar-refractivity contribution is 0.232. The van der Waals surface area contributed by atoms with Gasteiger partial charge in [0.15, 0.2) is 0 Å². The number of aliphatic hydroxyl groups is 1. The Kier molecular flexibility index (Phi) is 5.32. The van der Waals surface area contributed by atoms with E-state index in [-0.39, 0.29) is 30.1 Å². The number of nitrogens with zero attached hydrogens (tertiary/aromatic N) is 1. The summed E-state index contributed by atoms with van der Waals surface area (Å²) in [4.78, 5) is 3.88. The molecule has 1 aliphatic rings. The Morgan fingerprint density at radius 2 is 2.50 bits per heavy atom. The monoisotopic (exact) mass is 272 g/mol. The molecular formula is C5H9IN2OS. The molecule has 0 amide bonds. The molecule has 2 N–H and O–H groups in total. The van der Waals surface area contributed by atoms with Gasteiger partial charge in [0.1, 0.15) is 12.3 Å². The summed E-state index contributed by atoms with van der Waals surface area (Å²) in [6, 6.07) is 0. The van der Waals surface area contributed by atoms with Crippen LogP contribution in [-0.2, 0) is 0 Å². The molecule has 1 heterocycles. The van der Waals surface area contributed by atoms with Gasteiger partial charge < -0.3 is 5.11 Å². The number of aliphatic hydroxyl groups excluding tert-OH is 1. The lowest BCUT2D eigenvalue weighted by Gasteiger charge is -2.16. The molecule has 0 aliphatic carbocycles. The fourth-order valence-corrected chi connectivity index (χ4v) is 0.789. The van der Waals surface area contributed by atoms with Crippen LogP contribution in [0.1, 0.15) is 0 Å². The molecule has 2 unspecified atom stereocenters. The van der Waals surface area contributed by atoms with Crippen molar-refractivity contribution >= 4 is 47.8 Å². The zero-order chi connectivity index (χ0) is 6.69. The second-order valence-corrected chi connectivity index (χ2v) is 2.13. The summed E-state index contributed by atoms with van der Waals surface area (Å²) in [6.45, 7) is 0.543. The molecule has 1 rings (SSSR count). The summed E-state index contributed by atoms with van der Waals surface area (Å²) in [6.07, 6.45) is 0.976. The third kappa shape index (κ3) is 3.00. The van der Waals surface area contributed by atoms with E-state index in [9.17, 15) is 0 Å². The predicted octanol–water partition coefficient (Wildman–Crippen LogP) is -0.0349. The van der Waals surface area contributed by atoms with Gasteiger partial charge in [-0.3, -0.25) is 10.3 Å². The van der Waals surface area contributed by atoms with E-state index in [0.29, 0.717) is 6.54 Å². The van der Waals surface area contributed by atoms with Gasteiger partial charge >= 0.3 is 0 Å². The summed E-state index contributed by atoms with van der Waals surface area (Å²) in [7, 11) is 0. The van der Waals surface area contributed by atoms with Gasteiger partial charge in [-0.25, -0.2) is 0 Å². The van der Waals surface area contributed by atoms with Crippen molar-refractivity contribution in [2.45, 2.75) is 12.3 Å². The van der Waals surface area contributed by atoms with Crippen LogP contribution in [0.15, 0.2) is 4.99 Å². The van der Waals surface area contributed by atoms with Gasteiger partial charge in [-0.2, -0.15) is 0 Å². The summed E-state index contributed by atoms with van der Waals surface area (Å²) in [5.74, 6) is 0. The molecule has 5 heteroatoms. The highest BCUT2D eigenvalue weighted by atomic mass is 127. The fraction of sp³-hybridized carbons (Fsp3) is 0.600. The number of rotatable bonds is 1. The van der Waals surface area contributed by atoms with Crippen LogP contribution >= 0.6 is 36.2 Å². The standard InChI is InChI=1S/C5H8N2OS.HI/c8-4-1-6-5(3-9)7-2-4;/h1,3-5,7-8H,2H2;1H. The maximum Gasteiger partial charge on any atom is 0.128 e. The highest BCUT2D eigenvalue weighted by molar-refractivity contribution is 14.0. The van der Waals surface area contributed by atoms with E-state index < -0.39 is 6.10 Å². The fourth-order valence-electron chi connectivity index (χ4n) is 0.622. The highest BCUT2D eigenvalue weighted by Crippen LogP contribution is 1.90. The minimum absolute atomic E-state index is 0. The van der Waals surface area contributed by atoms with Crippen LogP contribution in [0.5, 0.6) is 0 Å². The lowest BCUT2D eigenvalue weighted by atomic mass is 10.3. The molecule has 0 spiro atoms. The average Bonchev–Trinajstić information content (AvgIpc) is 1.90. The molecule has 2 atom stereocenters. The maximum atomic E-state index is 8.86. The van der Waals surface area contributed by atoms with Gasteiger partial charge in [0, 0.05) is 18.1 Å². The summed E-state index contributed by atoms with van der Waals surface area (Å²) in [5.41, 5.74) is 0. The molecule has 0 saturated heterocycles. The summed E-state index contributed by atoms with van der Waals surface area (Å²) < 4.78 is 0. The lowest BCUT2D eigenvalue weighted by Crippen LogP contribution is -2.40. The molecule has 0 fully saturated rings. The zero-order valence-electron chi connectivity index (χ0n) is 5.23. The third-order valence-corrected chi connectivity index (χ3v) is 1.34. The van der Waals surface area contributed by atoms with Gasteiger partial charge in [0.05, 0.1) is 0 Å². The molecule has 1 aliphatic heterocycles. The molecule has 0 bridgehead atoms. The van der Waals surface area contributed by atoms with Crippen LogP contribution in [0.25, 0.3) is 0 Å². The number of hydrogen-bond acceptors (Lipinski definition) is 4. The van der Waals surface area contributed by atoms with Crippen LogP contribution in [0.2, 0.25) is 0 Å². The molecule has 0 saturated carbocycles. The summed E-state index contributed by atoms with van der Waals surface area (Å²) >= 11 is 4.63. The number of halogens is 1. The Morgan fingerprint density at radius 1 is 1.80 bits per heavy atom. The van der Waals surface area contributed by atoms with Gasteiger partial charge in [-0.05, 0) is 0 Å². The first-order valence-corrected chi connectivity index (χ1v) is 3.20. The summed E-state index contributed by atoms with van der Waals surface area (Å²) in [5, 5.41) is 13.3. The Hall–Kier alpha value is 0.410. The number of nitrogens with one attached hydrogen (secondary N) is 1. The van der Waals surface area contributed by atoms with Crippen molar-refractivity contribution in [1.82, 2.24) is 5.32 Å². The third-order valence-electron chi connectivity index (χ3n) is 1.08. The van der Waals surface area contributed by atoms with E-state index in [1.54, 1.807) is 0 Å². The first-order chi connectivity index (χ1) is 4.33.